The number of nitrogens with zero attached hydrogens (tertiary/aromatic N) is 3. The van der Waals surface area contributed by atoms with Crippen molar-refractivity contribution in [2.24, 2.45) is 0 Å². The van der Waals surface area contributed by atoms with Gasteiger partial charge in [-0.2, -0.15) is 10.1 Å². The maximum atomic E-state index is 14.3. The molecule has 0 spiro atoms. The van der Waals surface area contributed by atoms with E-state index in [-0.39, 0.29) is 17.9 Å². The smallest absolute Gasteiger partial charge is 0.222 e. The summed E-state index contributed by atoms with van der Waals surface area (Å²) in [4.78, 5) is 4.26. The van der Waals surface area contributed by atoms with Crippen LogP contribution in [0.4, 0.5) is 10.3 Å². The summed E-state index contributed by atoms with van der Waals surface area (Å²) in [6, 6.07) is 14.9. The second kappa shape index (κ2) is 5.77. The highest BCUT2D eigenvalue weighted by atomic mass is 79.9. The van der Waals surface area contributed by atoms with E-state index < -0.39 is 0 Å². The second-order valence-corrected chi connectivity index (χ2v) is 6.47. The van der Waals surface area contributed by atoms with Crippen molar-refractivity contribution >= 4 is 21.9 Å². The van der Waals surface area contributed by atoms with Gasteiger partial charge in [-0.05, 0) is 30.2 Å². The van der Waals surface area contributed by atoms with Gasteiger partial charge in [0.2, 0.25) is 5.95 Å². The number of benzene rings is 2. The van der Waals surface area contributed by atoms with E-state index in [2.05, 4.69) is 43.5 Å². The van der Waals surface area contributed by atoms with Crippen LogP contribution in [0.15, 0.2) is 59.3 Å². The maximum Gasteiger partial charge on any atom is 0.222 e. The van der Waals surface area contributed by atoms with Crippen LogP contribution in [0.5, 0.6) is 0 Å². The molecular formula is C17H14BrFN4. The van der Waals surface area contributed by atoms with Crippen molar-refractivity contribution in [2.45, 2.75) is 18.5 Å². The van der Waals surface area contributed by atoms with Crippen molar-refractivity contribution in [3.63, 3.8) is 0 Å². The highest BCUT2D eigenvalue weighted by Gasteiger charge is 2.31. The van der Waals surface area contributed by atoms with E-state index in [9.17, 15) is 4.39 Å². The van der Waals surface area contributed by atoms with Crippen LogP contribution in [0.2, 0.25) is 0 Å². The normalized spacial score (nSPS) is 19.9. The minimum absolute atomic E-state index is 0.0596. The lowest BCUT2D eigenvalue weighted by Crippen LogP contribution is -2.28. The number of aromatic nitrogens is 3. The molecule has 0 radical (unpaired) electrons. The molecule has 4 nitrogen and oxygen atoms in total. The predicted octanol–water partition coefficient (Wildman–Crippen LogP) is 4.33. The highest BCUT2D eigenvalue weighted by molar-refractivity contribution is 9.10. The quantitative estimate of drug-likeness (QED) is 0.727. The third kappa shape index (κ3) is 2.63. The summed E-state index contributed by atoms with van der Waals surface area (Å²) in [6.45, 7) is 0. The average Bonchev–Trinajstić information content (AvgIpc) is 3.04. The van der Waals surface area contributed by atoms with Gasteiger partial charge in [-0.3, -0.25) is 0 Å². The number of fused-ring (bicyclic) bond motifs is 1. The van der Waals surface area contributed by atoms with Gasteiger partial charge >= 0.3 is 0 Å². The SMILES string of the molecule is Fc1ccccc1[C@H]1C[C@H](c2ccc(Br)cc2)Nc2ncnn21. The molecule has 1 aliphatic heterocycles. The van der Waals surface area contributed by atoms with E-state index in [0.29, 0.717) is 17.9 Å². The highest BCUT2D eigenvalue weighted by Crippen LogP contribution is 2.38. The van der Waals surface area contributed by atoms with Crippen LogP contribution in [0, 0.1) is 5.82 Å². The lowest BCUT2D eigenvalue weighted by Gasteiger charge is -2.32. The van der Waals surface area contributed by atoms with Gasteiger partial charge in [0.1, 0.15) is 12.1 Å². The molecule has 1 N–H and O–H groups in total. The number of halogens is 2. The van der Waals surface area contributed by atoms with Crippen LogP contribution < -0.4 is 5.32 Å². The Morgan fingerprint density at radius 3 is 2.70 bits per heavy atom. The number of hydrogen-bond acceptors (Lipinski definition) is 3. The number of hydrogen-bond donors (Lipinski definition) is 1. The summed E-state index contributed by atoms with van der Waals surface area (Å²) in [6.07, 6.45) is 2.21. The van der Waals surface area contributed by atoms with E-state index in [1.54, 1.807) is 10.7 Å². The van der Waals surface area contributed by atoms with Crippen molar-refractivity contribution < 1.29 is 4.39 Å². The molecule has 0 amide bonds. The van der Waals surface area contributed by atoms with Gasteiger partial charge in [0, 0.05) is 10.0 Å². The Balaban J connectivity index is 1.75. The van der Waals surface area contributed by atoms with Crippen molar-refractivity contribution in [3.8, 4) is 0 Å². The molecule has 0 bridgehead atoms. The summed E-state index contributed by atoms with van der Waals surface area (Å²) < 4.78 is 17.1. The number of nitrogens with one attached hydrogen (secondary N) is 1. The molecule has 2 aromatic carbocycles. The topological polar surface area (TPSA) is 42.7 Å². The predicted molar refractivity (Wildman–Crippen MR) is 89.7 cm³/mol. The lowest BCUT2D eigenvalue weighted by molar-refractivity contribution is 0.416. The maximum absolute atomic E-state index is 14.3. The first-order chi connectivity index (χ1) is 11.2. The fourth-order valence-electron chi connectivity index (χ4n) is 3.04. The van der Waals surface area contributed by atoms with E-state index in [1.165, 1.54) is 12.4 Å². The Labute approximate surface area is 141 Å². The van der Waals surface area contributed by atoms with E-state index in [0.717, 1.165) is 10.0 Å². The molecule has 3 aromatic rings. The molecule has 4 rings (SSSR count). The van der Waals surface area contributed by atoms with Gasteiger partial charge in [-0.15, -0.1) is 0 Å². The van der Waals surface area contributed by atoms with E-state index in [4.69, 9.17) is 0 Å². The fraction of sp³-hybridized carbons (Fsp3) is 0.176. The molecule has 0 saturated carbocycles. The van der Waals surface area contributed by atoms with E-state index >= 15 is 0 Å². The molecule has 0 aliphatic carbocycles. The zero-order valence-corrected chi connectivity index (χ0v) is 13.7. The van der Waals surface area contributed by atoms with Crippen LogP contribution in [-0.2, 0) is 0 Å². The molecule has 0 unspecified atom stereocenters. The summed E-state index contributed by atoms with van der Waals surface area (Å²) in [5.74, 6) is 0.452. The van der Waals surface area contributed by atoms with Crippen LogP contribution >= 0.6 is 15.9 Å². The van der Waals surface area contributed by atoms with Crippen molar-refractivity contribution in [2.75, 3.05) is 5.32 Å². The lowest BCUT2D eigenvalue weighted by atomic mass is 9.93. The van der Waals surface area contributed by atoms with Gasteiger partial charge in [0.25, 0.3) is 0 Å². The minimum atomic E-state index is -0.213. The molecule has 2 atom stereocenters. The molecule has 0 fully saturated rings. The number of anilines is 1. The van der Waals surface area contributed by atoms with Crippen LogP contribution in [0.3, 0.4) is 0 Å². The zero-order chi connectivity index (χ0) is 15.8. The molecular weight excluding hydrogens is 359 g/mol. The van der Waals surface area contributed by atoms with Gasteiger partial charge in [0.15, 0.2) is 0 Å². The van der Waals surface area contributed by atoms with Gasteiger partial charge in [-0.25, -0.2) is 9.07 Å². The van der Waals surface area contributed by atoms with Crippen molar-refractivity contribution in [3.05, 3.63) is 76.3 Å². The molecule has 6 heteroatoms. The van der Waals surface area contributed by atoms with Gasteiger partial charge in [-0.1, -0.05) is 46.3 Å². The van der Waals surface area contributed by atoms with Crippen LogP contribution in [-0.4, -0.2) is 14.8 Å². The Morgan fingerprint density at radius 1 is 1.13 bits per heavy atom. The second-order valence-electron chi connectivity index (χ2n) is 5.55. The number of rotatable bonds is 2. The van der Waals surface area contributed by atoms with Gasteiger partial charge in [0.05, 0.1) is 12.1 Å². The Hall–Kier alpha value is -2.21. The third-order valence-corrected chi connectivity index (χ3v) is 4.70. The first kappa shape index (κ1) is 14.4. The molecule has 0 saturated heterocycles. The van der Waals surface area contributed by atoms with Crippen LogP contribution in [0.1, 0.15) is 29.6 Å². The Morgan fingerprint density at radius 2 is 1.91 bits per heavy atom. The molecule has 1 aliphatic rings. The van der Waals surface area contributed by atoms with E-state index in [1.807, 2.05) is 24.3 Å². The summed E-state index contributed by atoms with van der Waals surface area (Å²) >= 11 is 3.45. The molecule has 2 heterocycles. The Kier molecular flexibility index (Phi) is 3.61. The zero-order valence-electron chi connectivity index (χ0n) is 12.2. The van der Waals surface area contributed by atoms with Crippen LogP contribution in [0.25, 0.3) is 0 Å². The largest absolute Gasteiger partial charge is 0.348 e. The third-order valence-electron chi connectivity index (χ3n) is 4.17. The molecule has 1 aromatic heterocycles. The molecule has 23 heavy (non-hydrogen) atoms. The van der Waals surface area contributed by atoms with Crippen molar-refractivity contribution in [1.82, 2.24) is 14.8 Å². The summed E-state index contributed by atoms with van der Waals surface area (Å²) in [7, 11) is 0. The summed E-state index contributed by atoms with van der Waals surface area (Å²) in [5.41, 5.74) is 1.78. The van der Waals surface area contributed by atoms with Crippen molar-refractivity contribution in [1.29, 1.82) is 0 Å². The fourth-order valence-corrected chi connectivity index (χ4v) is 3.30. The van der Waals surface area contributed by atoms with Gasteiger partial charge < -0.3 is 5.32 Å². The summed E-state index contributed by atoms with van der Waals surface area (Å²) in [5, 5.41) is 7.65. The minimum Gasteiger partial charge on any atom is -0.348 e. The first-order valence-corrected chi connectivity index (χ1v) is 8.17. The Bertz CT molecular complexity index is 831. The molecule has 116 valence electrons. The average molecular weight is 373 g/mol. The monoisotopic (exact) mass is 372 g/mol. The first-order valence-electron chi connectivity index (χ1n) is 7.38. The standard InChI is InChI=1S/C17H14BrFN4/c18-12-7-5-11(6-8-12)15-9-16(13-3-1-2-4-14(13)19)23-17(22-15)20-10-21-23/h1-8,10,15-16H,9H2,(H,20,21,22)/t15-,16-/m1/s1.